The van der Waals surface area contributed by atoms with Crippen LogP contribution in [0.1, 0.15) is 87.6 Å². The van der Waals surface area contributed by atoms with Crippen LogP contribution in [-0.2, 0) is 11.8 Å². The molecule has 0 bridgehead atoms. The lowest BCUT2D eigenvalue weighted by Gasteiger charge is -2.37. The number of hydrogen-bond donors (Lipinski definition) is 2. The minimum Gasteiger partial charge on any atom is -0.491 e. The number of carbonyl (C=O) groups is 1. The van der Waals surface area contributed by atoms with Crippen LogP contribution in [0.2, 0.25) is 0 Å². The second kappa shape index (κ2) is 12.2. The van der Waals surface area contributed by atoms with Gasteiger partial charge >= 0.3 is 0 Å². The minimum absolute atomic E-state index is 0.0307. The fourth-order valence-electron chi connectivity index (χ4n) is 4.89. The first-order valence-electron chi connectivity index (χ1n) is 12.6. The van der Waals surface area contributed by atoms with Gasteiger partial charge in [0, 0.05) is 24.4 Å². The molecule has 1 aliphatic carbocycles. The number of amides is 1. The lowest BCUT2D eigenvalue weighted by Crippen LogP contribution is -2.40. The van der Waals surface area contributed by atoms with E-state index in [-0.39, 0.29) is 47.8 Å². The summed E-state index contributed by atoms with van der Waals surface area (Å²) in [6.07, 6.45) is 7.75. The molecule has 0 unspecified atom stereocenters. The monoisotopic (exact) mass is 469 g/mol. The summed E-state index contributed by atoms with van der Waals surface area (Å²) in [6, 6.07) is 10.3. The number of aromatic nitrogens is 2. The van der Waals surface area contributed by atoms with Gasteiger partial charge in [0.15, 0.2) is 5.69 Å². The van der Waals surface area contributed by atoms with Gasteiger partial charge < -0.3 is 19.8 Å². The summed E-state index contributed by atoms with van der Waals surface area (Å²) < 4.78 is 5.81. The maximum atomic E-state index is 13.5. The van der Waals surface area contributed by atoms with Gasteiger partial charge in [0.2, 0.25) is 5.75 Å². The van der Waals surface area contributed by atoms with E-state index in [1.165, 1.54) is 12.0 Å². The molecule has 7 nitrogen and oxygen atoms in total. The highest BCUT2D eigenvalue weighted by molar-refractivity contribution is 5.95. The van der Waals surface area contributed by atoms with Crippen LogP contribution in [-0.4, -0.2) is 56.8 Å². The molecular weight excluding hydrogens is 430 g/mol. The number of benzene rings is 1. The Labute approximate surface area is 203 Å². The van der Waals surface area contributed by atoms with Gasteiger partial charge in [-0.05, 0) is 38.7 Å². The highest BCUT2D eigenvalue weighted by Crippen LogP contribution is 2.42. The van der Waals surface area contributed by atoms with Crippen molar-refractivity contribution in [2.45, 2.75) is 83.6 Å². The first-order valence-corrected chi connectivity index (χ1v) is 12.6. The Morgan fingerprint density at radius 3 is 2.47 bits per heavy atom. The molecule has 0 spiro atoms. The van der Waals surface area contributed by atoms with E-state index < -0.39 is 0 Å². The predicted octanol–water partition coefficient (Wildman–Crippen LogP) is 4.65. The van der Waals surface area contributed by atoms with Crippen molar-refractivity contribution < 1.29 is 19.7 Å². The largest absolute Gasteiger partial charge is 0.491 e. The second-order valence-corrected chi connectivity index (χ2v) is 9.54. The number of hydrogen-bond acceptors (Lipinski definition) is 6. The third-order valence-electron chi connectivity index (χ3n) is 6.76. The van der Waals surface area contributed by atoms with E-state index in [1.807, 2.05) is 26.8 Å². The summed E-state index contributed by atoms with van der Waals surface area (Å²) >= 11 is 0. The maximum Gasteiger partial charge on any atom is 0.276 e. The van der Waals surface area contributed by atoms with Crippen LogP contribution in [0.3, 0.4) is 0 Å². The molecule has 1 fully saturated rings. The predicted molar refractivity (Wildman–Crippen MR) is 132 cm³/mol. The maximum absolute atomic E-state index is 13.5. The summed E-state index contributed by atoms with van der Waals surface area (Å²) in [5.41, 5.74) is 1.19. The number of aliphatic hydroxyl groups excluding tert-OH is 1. The van der Waals surface area contributed by atoms with Crippen molar-refractivity contribution in [1.82, 2.24) is 14.9 Å². The Morgan fingerprint density at radius 2 is 1.85 bits per heavy atom. The molecule has 1 aromatic carbocycles. The van der Waals surface area contributed by atoms with Crippen LogP contribution < -0.4 is 4.74 Å². The molecule has 1 aliphatic rings. The standard InChI is InChI=1S/C27H39N3O4/c1-4-5-18-34-24-23(26(33)30(16-17-31)20(2)3)28-22(29-25(24)32)19-27(14-10-7-11-15-27)21-12-8-6-9-13-21/h6,8-9,12-13,20,31H,4-5,7,10-11,14-19H2,1-3H3,(H,28,29,32). The summed E-state index contributed by atoms with van der Waals surface area (Å²) in [4.78, 5) is 24.2. The molecule has 186 valence electrons. The summed E-state index contributed by atoms with van der Waals surface area (Å²) in [5, 5.41) is 20.4. The zero-order chi connectivity index (χ0) is 24.6. The van der Waals surface area contributed by atoms with E-state index in [2.05, 4.69) is 29.2 Å². The SMILES string of the molecule is CCCCOc1c(O)nc(CC2(c3ccccc3)CCCCC2)nc1C(=O)N(CCO)C(C)C. The Kier molecular flexibility index (Phi) is 9.28. The van der Waals surface area contributed by atoms with Crippen LogP contribution >= 0.6 is 0 Å². The van der Waals surface area contributed by atoms with Gasteiger partial charge in [-0.25, -0.2) is 4.98 Å². The molecule has 1 amide bonds. The molecule has 1 saturated carbocycles. The van der Waals surface area contributed by atoms with Crippen molar-refractivity contribution in [2.24, 2.45) is 0 Å². The van der Waals surface area contributed by atoms with E-state index in [0.717, 1.165) is 38.5 Å². The van der Waals surface area contributed by atoms with Gasteiger partial charge in [-0.3, -0.25) is 4.79 Å². The molecule has 1 heterocycles. The molecule has 0 aliphatic heterocycles. The highest BCUT2D eigenvalue weighted by Gasteiger charge is 2.36. The number of aliphatic hydroxyl groups is 1. The van der Waals surface area contributed by atoms with Crippen molar-refractivity contribution >= 4 is 5.91 Å². The first-order chi connectivity index (χ1) is 16.4. The van der Waals surface area contributed by atoms with Crippen molar-refractivity contribution in [3.63, 3.8) is 0 Å². The van der Waals surface area contributed by atoms with Crippen molar-refractivity contribution in [1.29, 1.82) is 0 Å². The van der Waals surface area contributed by atoms with Gasteiger partial charge in [-0.2, -0.15) is 4.98 Å². The van der Waals surface area contributed by atoms with Gasteiger partial charge in [-0.15, -0.1) is 0 Å². The summed E-state index contributed by atoms with van der Waals surface area (Å²) in [6.45, 7) is 6.21. The number of rotatable bonds is 11. The topological polar surface area (TPSA) is 95.8 Å². The van der Waals surface area contributed by atoms with E-state index in [0.29, 0.717) is 18.9 Å². The van der Waals surface area contributed by atoms with E-state index in [9.17, 15) is 15.0 Å². The smallest absolute Gasteiger partial charge is 0.276 e. The van der Waals surface area contributed by atoms with Crippen molar-refractivity contribution in [3.05, 3.63) is 47.4 Å². The molecule has 0 atom stereocenters. The average Bonchev–Trinajstić information content (AvgIpc) is 2.84. The zero-order valence-electron chi connectivity index (χ0n) is 20.8. The zero-order valence-corrected chi connectivity index (χ0v) is 20.8. The second-order valence-electron chi connectivity index (χ2n) is 9.54. The van der Waals surface area contributed by atoms with Crippen LogP contribution in [0.5, 0.6) is 11.6 Å². The number of nitrogens with zero attached hydrogens (tertiary/aromatic N) is 3. The fraction of sp³-hybridized carbons (Fsp3) is 0.593. The number of unbranched alkanes of at least 4 members (excludes halogenated alkanes) is 1. The highest BCUT2D eigenvalue weighted by atomic mass is 16.5. The van der Waals surface area contributed by atoms with Gasteiger partial charge in [-0.1, -0.05) is 62.9 Å². The third kappa shape index (κ3) is 6.06. The van der Waals surface area contributed by atoms with E-state index >= 15 is 0 Å². The Balaban J connectivity index is 2.03. The molecule has 2 N–H and O–H groups in total. The third-order valence-corrected chi connectivity index (χ3v) is 6.76. The number of carbonyl (C=O) groups excluding carboxylic acids is 1. The van der Waals surface area contributed by atoms with Crippen LogP contribution in [0.15, 0.2) is 30.3 Å². The van der Waals surface area contributed by atoms with Gasteiger partial charge in [0.05, 0.1) is 13.2 Å². The number of aromatic hydroxyl groups is 1. The van der Waals surface area contributed by atoms with Crippen molar-refractivity contribution in [2.75, 3.05) is 19.8 Å². The van der Waals surface area contributed by atoms with Gasteiger partial charge in [0.25, 0.3) is 11.8 Å². The van der Waals surface area contributed by atoms with Crippen LogP contribution in [0, 0.1) is 0 Å². The normalized spacial score (nSPS) is 15.3. The average molecular weight is 470 g/mol. The molecule has 0 radical (unpaired) electrons. The lowest BCUT2D eigenvalue weighted by atomic mass is 9.67. The molecule has 34 heavy (non-hydrogen) atoms. The fourth-order valence-corrected chi connectivity index (χ4v) is 4.89. The molecule has 2 aromatic rings. The van der Waals surface area contributed by atoms with Crippen LogP contribution in [0.25, 0.3) is 0 Å². The minimum atomic E-state index is -0.369. The Morgan fingerprint density at radius 1 is 1.15 bits per heavy atom. The summed E-state index contributed by atoms with van der Waals surface area (Å²) in [5.74, 6) is -0.187. The van der Waals surface area contributed by atoms with Crippen molar-refractivity contribution in [3.8, 4) is 11.6 Å². The molecular formula is C27H39N3O4. The first kappa shape index (κ1) is 25.9. The molecule has 0 saturated heterocycles. The molecule has 1 aromatic heterocycles. The molecule has 7 heteroatoms. The van der Waals surface area contributed by atoms with E-state index in [4.69, 9.17) is 9.72 Å². The molecule has 3 rings (SSSR count). The Bertz CT molecular complexity index is 927. The summed E-state index contributed by atoms with van der Waals surface area (Å²) in [7, 11) is 0. The van der Waals surface area contributed by atoms with Gasteiger partial charge in [0.1, 0.15) is 5.82 Å². The number of ether oxygens (including phenoxy) is 1. The van der Waals surface area contributed by atoms with E-state index in [1.54, 1.807) is 4.90 Å². The lowest BCUT2D eigenvalue weighted by molar-refractivity contribution is 0.0652. The van der Waals surface area contributed by atoms with Crippen LogP contribution in [0.4, 0.5) is 0 Å². The Hall–Kier alpha value is -2.67. The quantitative estimate of drug-likeness (QED) is 0.465.